The molecule has 5 rings (SSSR count). The van der Waals surface area contributed by atoms with Crippen molar-refractivity contribution in [3.8, 4) is 22.3 Å². The second-order valence-electron chi connectivity index (χ2n) is 5.78. The van der Waals surface area contributed by atoms with Crippen molar-refractivity contribution >= 4 is 11.4 Å². The largest absolute Gasteiger partial charge is 0.340 e. The Bertz CT molecular complexity index is 863. The first-order valence-corrected chi connectivity index (χ1v) is 7.52. The molecule has 3 aromatic rings. The van der Waals surface area contributed by atoms with Crippen molar-refractivity contribution in [1.29, 1.82) is 0 Å². The zero-order valence-electron chi connectivity index (χ0n) is 11.7. The highest BCUT2D eigenvalue weighted by Gasteiger charge is 2.29. The summed E-state index contributed by atoms with van der Waals surface area (Å²) in [6.07, 6.45) is 1.14. The van der Waals surface area contributed by atoms with Gasteiger partial charge in [0, 0.05) is 23.4 Å². The van der Waals surface area contributed by atoms with Crippen LogP contribution in [0.3, 0.4) is 0 Å². The first kappa shape index (κ1) is 11.2. The summed E-state index contributed by atoms with van der Waals surface area (Å²) >= 11 is 0. The summed E-state index contributed by atoms with van der Waals surface area (Å²) in [7, 11) is 0. The second-order valence-corrected chi connectivity index (χ2v) is 5.78. The van der Waals surface area contributed by atoms with Crippen molar-refractivity contribution in [2.75, 3.05) is 11.4 Å². The standard InChI is InChI=1S/C20H15N/c1-2-8-16-15(7-1)17-9-3-4-11-19(17)21-13-12-14-6-5-10-18(16)20(14)21/h1-11H,12-13H2. The lowest BCUT2D eigenvalue weighted by Gasteiger charge is -2.21. The lowest BCUT2D eigenvalue weighted by molar-refractivity contribution is 1.00. The molecule has 0 saturated heterocycles. The number of hydrogen-bond donors (Lipinski definition) is 0. The van der Waals surface area contributed by atoms with Crippen molar-refractivity contribution in [1.82, 2.24) is 0 Å². The maximum Gasteiger partial charge on any atom is 0.0524 e. The number of para-hydroxylation sites is 2. The molecule has 0 unspecified atom stereocenters. The summed E-state index contributed by atoms with van der Waals surface area (Å²) in [5.41, 5.74) is 9.64. The topological polar surface area (TPSA) is 3.24 Å². The molecule has 0 atom stereocenters. The van der Waals surface area contributed by atoms with Gasteiger partial charge in [-0.1, -0.05) is 60.7 Å². The SMILES string of the molecule is c1ccc2c(c1)-c1ccccc1N1CCc3cccc-2c31. The summed E-state index contributed by atoms with van der Waals surface area (Å²) in [5.74, 6) is 0. The van der Waals surface area contributed by atoms with Crippen LogP contribution in [-0.2, 0) is 6.42 Å². The van der Waals surface area contributed by atoms with Crippen LogP contribution in [0.5, 0.6) is 0 Å². The molecule has 2 heterocycles. The van der Waals surface area contributed by atoms with Crippen molar-refractivity contribution in [3.63, 3.8) is 0 Å². The van der Waals surface area contributed by atoms with E-state index in [1.165, 1.54) is 39.2 Å². The molecule has 0 radical (unpaired) electrons. The molecule has 0 N–H and O–H groups in total. The fourth-order valence-electron chi connectivity index (χ4n) is 3.80. The van der Waals surface area contributed by atoms with Gasteiger partial charge in [0.1, 0.15) is 0 Å². The maximum atomic E-state index is 2.50. The maximum absolute atomic E-state index is 2.50. The van der Waals surface area contributed by atoms with E-state index >= 15 is 0 Å². The Hall–Kier alpha value is -2.54. The number of rotatable bonds is 0. The quantitative estimate of drug-likeness (QED) is 0.553. The molecule has 1 heteroatoms. The van der Waals surface area contributed by atoms with E-state index in [2.05, 4.69) is 71.6 Å². The van der Waals surface area contributed by atoms with E-state index in [-0.39, 0.29) is 0 Å². The summed E-state index contributed by atoms with van der Waals surface area (Å²) in [5, 5.41) is 0. The molecule has 0 aliphatic carbocycles. The second kappa shape index (κ2) is 3.98. The minimum atomic E-state index is 1.08. The molecule has 21 heavy (non-hydrogen) atoms. The van der Waals surface area contributed by atoms with E-state index in [0.717, 1.165) is 13.0 Å². The molecular weight excluding hydrogens is 254 g/mol. The number of anilines is 2. The fraction of sp³-hybridized carbons (Fsp3) is 0.100. The molecule has 3 aromatic carbocycles. The summed E-state index contributed by atoms with van der Waals surface area (Å²) in [4.78, 5) is 2.50. The molecule has 0 bridgehead atoms. The predicted octanol–water partition coefficient (Wildman–Crippen LogP) is 5.03. The summed E-state index contributed by atoms with van der Waals surface area (Å²) < 4.78 is 0. The van der Waals surface area contributed by atoms with Crippen LogP contribution in [0.1, 0.15) is 5.56 Å². The van der Waals surface area contributed by atoms with Gasteiger partial charge in [-0.05, 0) is 29.2 Å². The monoisotopic (exact) mass is 269 g/mol. The Kier molecular flexibility index (Phi) is 2.12. The number of fused-ring (bicyclic) bond motifs is 5. The molecule has 2 aliphatic rings. The van der Waals surface area contributed by atoms with Gasteiger partial charge >= 0.3 is 0 Å². The molecule has 0 spiro atoms. The highest BCUT2D eigenvalue weighted by atomic mass is 15.2. The number of hydrogen-bond acceptors (Lipinski definition) is 1. The van der Waals surface area contributed by atoms with Crippen molar-refractivity contribution in [2.24, 2.45) is 0 Å². The van der Waals surface area contributed by atoms with E-state index < -0.39 is 0 Å². The van der Waals surface area contributed by atoms with Crippen molar-refractivity contribution in [3.05, 3.63) is 72.3 Å². The van der Waals surface area contributed by atoms with Gasteiger partial charge in [-0.3, -0.25) is 0 Å². The van der Waals surface area contributed by atoms with Gasteiger partial charge in [0.2, 0.25) is 0 Å². The van der Waals surface area contributed by atoms with Gasteiger partial charge < -0.3 is 4.90 Å². The first-order valence-electron chi connectivity index (χ1n) is 7.52. The summed E-state index contributed by atoms with van der Waals surface area (Å²) in [6.45, 7) is 1.08. The average Bonchev–Trinajstić information content (AvgIpc) is 2.94. The fourth-order valence-corrected chi connectivity index (χ4v) is 3.80. The van der Waals surface area contributed by atoms with Crippen LogP contribution < -0.4 is 4.90 Å². The molecule has 0 saturated carbocycles. The Labute approximate surface area is 124 Å². The molecule has 1 nitrogen and oxygen atoms in total. The zero-order chi connectivity index (χ0) is 13.8. The first-order chi connectivity index (χ1) is 10.4. The van der Waals surface area contributed by atoms with E-state index in [0.29, 0.717) is 0 Å². The minimum Gasteiger partial charge on any atom is -0.340 e. The highest BCUT2D eigenvalue weighted by Crippen LogP contribution is 2.50. The molecule has 0 aromatic heterocycles. The van der Waals surface area contributed by atoms with Crippen LogP contribution in [0.2, 0.25) is 0 Å². The molecule has 0 fully saturated rings. The molecular formula is C20H15N. The van der Waals surface area contributed by atoms with Gasteiger partial charge in [-0.25, -0.2) is 0 Å². The third-order valence-electron chi connectivity index (χ3n) is 4.70. The van der Waals surface area contributed by atoms with Gasteiger partial charge in [0.05, 0.1) is 5.69 Å². The Balaban J connectivity index is 1.98. The molecule has 2 aliphatic heterocycles. The van der Waals surface area contributed by atoms with Gasteiger partial charge in [0.15, 0.2) is 0 Å². The Morgan fingerprint density at radius 2 is 1.29 bits per heavy atom. The van der Waals surface area contributed by atoms with Crippen LogP contribution >= 0.6 is 0 Å². The van der Waals surface area contributed by atoms with Crippen LogP contribution in [0.4, 0.5) is 11.4 Å². The summed E-state index contributed by atoms with van der Waals surface area (Å²) in [6, 6.07) is 24.3. The molecule has 0 amide bonds. The normalized spacial score (nSPS) is 14.2. The third-order valence-corrected chi connectivity index (χ3v) is 4.70. The van der Waals surface area contributed by atoms with E-state index in [9.17, 15) is 0 Å². The smallest absolute Gasteiger partial charge is 0.0524 e. The van der Waals surface area contributed by atoms with Crippen molar-refractivity contribution in [2.45, 2.75) is 6.42 Å². The van der Waals surface area contributed by atoms with Gasteiger partial charge in [-0.15, -0.1) is 0 Å². The van der Waals surface area contributed by atoms with Gasteiger partial charge in [0.25, 0.3) is 0 Å². The zero-order valence-corrected chi connectivity index (χ0v) is 11.7. The van der Waals surface area contributed by atoms with Crippen LogP contribution in [0, 0.1) is 0 Å². The molecule has 100 valence electrons. The Morgan fingerprint density at radius 1 is 0.619 bits per heavy atom. The predicted molar refractivity (Wildman–Crippen MR) is 88.0 cm³/mol. The van der Waals surface area contributed by atoms with E-state index in [4.69, 9.17) is 0 Å². The average molecular weight is 269 g/mol. The van der Waals surface area contributed by atoms with E-state index in [1.54, 1.807) is 0 Å². The number of benzene rings is 3. The van der Waals surface area contributed by atoms with Crippen LogP contribution in [0.15, 0.2) is 66.7 Å². The van der Waals surface area contributed by atoms with Crippen LogP contribution in [0.25, 0.3) is 22.3 Å². The van der Waals surface area contributed by atoms with Gasteiger partial charge in [-0.2, -0.15) is 0 Å². The van der Waals surface area contributed by atoms with Crippen molar-refractivity contribution < 1.29 is 0 Å². The lowest BCUT2D eigenvalue weighted by atomic mass is 9.93. The minimum absolute atomic E-state index is 1.08. The highest BCUT2D eigenvalue weighted by molar-refractivity contribution is 6.00. The number of nitrogens with zero attached hydrogens (tertiary/aromatic N) is 1. The third kappa shape index (κ3) is 1.41. The Morgan fingerprint density at radius 3 is 2.14 bits per heavy atom. The van der Waals surface area contributed by atoms with Crippen LogP contribution in [-0.4, -0.2) is 6.54 Å². The van der Waals surface area contributed by atoms with E-state index in [1.807, 2.05) is 0 Å². The lowest BCUT2D eigenvalue weighted by Crippen LogP contribution is -2.13.